The minimum absolute atomic E-state index is 0.0937. The van der Waals surface area contributed by atoms with Crippen LogP contribution < -0.4 is 5.32 Å². The molecule has 0 aromatic heterocycles. The van der Waals surface area contributed by atoms with Gasteiger partial charge in [-0.2, -0.15) is 0 Å². The van der Waals surface area contributed by atoms with Crippen LogP contribution in [-0.4, -0.2) is 56.4 Å². The first kappa shape index (κ1) is 26.4. The number of carbonyl (C=O) groups is 1. The number of allylic oxidation sites excluding steroid dienone is 1. The number of rotatable bonds is 5. The van der Waals surface area contributed by atoms with E-state index in [-0.39, 0.29) is 17.2 Å². The Kier molecular flexibility index (Phi) is 8.23. The van der Waals surface area contributed by atoms with E-state index in [1.165, 1.54) is 0 Å². The molecule has 1 saturated heterocycles. The number of nitrogens with zero attached hydrogens (tertiary/aromatic N) is 1. The first-order valence-electron chi connectivity index (χ1n) is 11.0. The molecule has 1 unspecified atom stereocenters. The summed E-state index contributed by atoms with van der Waals surface area (Å²) in [7, 11) is -1.94. The summed E-state index contributed by atoms with van der Waals surface area (Å²) < 4.78 is 12.0. The molecule has 0 spiro atoms. The van der Waals surface area contributed by atoms with E-state index in [0.29, 0.717) is 30.4 Å². The highest BCUT2D eigenvalue weighted by molar-refractivity contribution is 6.74. The summed E-state index contributed by atoms with van der Waals surface area (Å²) in [6, 6.07) is 7.11. The molecule has 0 radical (unpaired) electrons. The molecule has 1 atom stereocenters. The fourth-order valence-electron chi connectivity index (χ4n) is 2.98. The smallest absolute Gasteiger partial charge is 0.410 e. The summed E-state index contributed by atoms with van der Waals surface area (Å²) in [6.45, 7) is 17.9. The third-order valence-electron chi connectivity index (χ3n) is 5.75. The minimum atomic E-state index is -1.94. The molecule has 8 heteroatoms. The van der Waals surface area contributed by atoms with Crippen LogP contribution in [0.25, 0.3) is 0 Å². The van der Waals surface area contributed by atoms with Crippen LogP contribution in [0.4, 0.5) is 4.79 Å². The van der Waals surface area contributed by atoms with Crippen molar-refractivity contribution in [2.45, 2.75) is 71.3 Å². The number of ether oxygens (including phenoxy) is 1. The van der Waals surface area contributed by atoms with E-state index in [1.807, 2.05) is 32.9 Å². The van der Waals surface area contributed by atoms with Gasteiger partial charge in [0.2, 0.25) is 0 Å². The van der Waals surface area contributed by atoms with Gasteiger partial charge in [-0.15, -0.1) is 0 Å². The Morgan fingerprint density at radius 1 is 1.28 bits per heavy atom. The Bertz CT molecular complexity index is 872. The van der Waals surface area contributed by atoms with Crippen LogP contribution >= 0.6 is 11.6 Å². The lowest BCUT2D eigenvalue weighted by Crippen LogP contribution is -2.55. The number of nitrogens with one attached hydrogen (secondary N) is 2. The number of piperazine rings is 1. The summed E-state index contributed by atoms with van der Waals surface area (Å²) in [5.74, 6) is 0. The van der Waals surface area contributed by atoms with Crippen molar-refractivity contribution in [3.05, 3.63) is 46.6 Å². The zero-order chi connectivity index (χ0) is 24.3. The molecule has 0 aliphatic carbocycles. The van der Waals surface area contributed by atoms with Crippen LogP contribution in [0, 0.1) is 5.41 Å². The number of halogens is 1. The van der Waals surface area contributed by atoms with E-state index < -0.39 is 13.9 Å². The Morgan fingerprint density at radius 2 is 1.94 bits per heavy atom. The lowest BCUT2D eigenvalue weighted by Gasteiger charge is -2.40. The van der Waals surface area contributed by atoms with Gasteiger partial charge in [0.15, 0.2) is 8.32 Å². The van der Waals surface area contributed by atoms with E-state index in [4.69, 9.17) is 26.2 Å². The predicted octanol–water partition coefficient (Wildman–Crippen LogP) is 5.82. The quantitative estimate of drug-likeness (QED) is 0.412. The molecule has 1 aromatic carbocycles. The van der Waals surface area contributed by atoms with Crippen LogP contribution in [-0.2, 0) is 9.16 Å². The van der Waals surface area contributed by atoms with Crippen LogP contribution in [0.15, 0.2) is 36.0 Å². The third-order valence-corrected chi connectivity index (χ3v) is 10.5. The Morgan fingerprint density at radius 3 is 2.50 bits per heavy atom. The largest absolute Gasteiger partial charge is 0.444 e. The van der Waals surface area contributed by atoms with Gasteiger partial charge in [0.1, 0.15) is 5.60 Å². The van der Waals surface area contributed by atoms with Gasteiger partial charge >= 0.3 is 6.09 Å². The van der Waals surface area contributed by atoms with Crippen LogP contribution in [0.5, 0.6) is 0 Å². The monoisotopic (exact) mass is 479 g/mol. The Balaban J connectivity index is 2.23. The van der Waals surface area contributed by atoms with Gasteiger partial charge in [-0.05, 0) is 57.1 Å². The number of carbonyl (C=O) groups excluding carboxylic acids is 1. The molecule has 1 fully saturated rings. The maximum Gasteiger partial charge on any atom is 0.410 e. The molecule has 1 amide bonds. The standard InChI is InChI=1S/C24H38ClN3O3Si/c1-23(2,3)31-22(29)28-14-19(13-21(26)17-10-9-11-18(25)12-17)27-20(15-28)16-30-32(7,8)24(4,5)6/h9-13,20,26-27H,14-16H2,1-8H3/b19-13-,26-21?. The van der Waals surface area contributed by atoms with Gasteiger partial charge in [0, 0.05) is 22.8 Å². The Hall–Kier alpha value is -1.83. The van der Waals surface area contributed by atoms with Crippen LogP contribution in [0.2, 0.25) is 23.2 Å². The van der Waals surface area contributed by atoms with E-state index in [1.54, 1.807) is 23.1 Å². The van der Waals surface area contributed by atoms with E-state index in [2.05, 4.69) is 39.2 Å². The van der Waals surface area contributed by atoms with Crippen LogP contribution in [0.3, 0.4) is 0 Å². The van der Waals surface area contributed by atoms with Crippen molar-refractivity contribution in [2.75, 3.05) is 19.7 Å². The van der Waals surface area contributed by atoms with Gasteiger partial charge < -0.3 is 24.8 Å². The van der Waals surface area contributed by atoms with E-state index in [0.717, 1.165) is 11.3 Å². The number of amides is 1. The van der Waals surface area contributed by atoms with Crippen LogP contribution in [0.1, 0.15) is 47.1 Å². The summed E-state index contributed by atoms with van der Waals surface area (Å²) in [4.78, 5) is 14.5. The highest BCUT2D eigenvalue weighted by atomic mass is 35.5. The molecule has 178 valence electrons. The van der Waals surface area contributed by atoms with Crippen molar-refractivity contribution in [1.29, 1.82) is 5.41 Å². The molecule has 0 saturated carbocycles. The zero-order valence-electron chi connectivity index (χ0n) is 20.6. The molecule has 2 rings (SSSR count). The van der Waals surface area contributed by atoms with E-state index >= 15 is 0 Å². The number of benzene rings is 1. The van der Waals surface area contributed by atoms with Gasteiger partial charge in [-0.3, -0.25) is 0 Å². The molecule has 6 nitrogen and oxygen atoms in total. The van der Waals surface area contributed by atoms with Gasteiger partial charge in [-0.25, -0.2) is 4.79 Å². The molecule has 2 N–H and O–H groups in total. The maximum absolute atomic E-state index is 12.8. The van der Waals surface area contributed by atoms with Crippen molar-refractivity contribution >= 4 is 31.7 Å². The average molecular weight is 480 g/mol. The number of hydrogen-bond donors (Lipinski definition) is 2. The molecule has 32 heavy (non-hydrogen) atoms. The number of hydrogen-bond acceptors (Lipinski definition) is 5. The topological polar surface area (TPSA) is 74.7 Å². The minimum Gasteiger partial charge on any atom is -0.444 e. The van der Waals surface area contributed by atoms with Crippen molar-refractivity contribution < 1.29 is 14.0 Å². The van der Waals surface area contributed by atoms with Crippen molar-refractivity contribution in [3.63, 3.8) is 0 Å². The summed E-state index contributed by atoms with van der Waals surface area (Å²) in [5, 5.41) is 12.6. The molecule has 1 heterocycles. The fourth-order valence-corrected chi connectivity index (χ4v) is 4.22. The van der Waals surface area contributed by atoms with Gasteiger partial charge in [-0.1, -0.05) is 44.5 Å². The second kappa shape index (κ2) is 9.97. The SMILES string of the molecule is CC(C)(C)OC(=O)N1C/C(=C/C(=N)c2cccc(Cl)c2)NC(CO[Si](C)(C)C(C)(C)C)C1. The van der Waals surface area contributed by atoms with Gasteiger partial charge in [0.05, 0.1) is 24.9 Å². The van der Waals surface area contributed by atoms with Crippen molar-refractivity contribution in [2.24, 2.45) is 0 Å². The van der Waals surface area contributed by atoms with Gasteiger partial charge in [0.25, 0.3) is 0 Å². The van der Waals surface area contributed by atoms with Crippen molar-refractivity contribution in [3.8, 4) is 0 Å². The first-order valence-corrected chi connectivity index (χ1v) is 14.3. The summed E-state index contributed by atoms with van der Waals surface area (Å²) in [6.07, 6.45) is 1.39. The first-order chi connectivity index (χ1) is 14.6. The summed E-state index contributed by atoms with van der Waals surface area (Å²) >= 11 is 6.09. The molecule has 1 aromatic rings. The van der Waals surface area contributed by atoms with Crippen molar-refractivity contribution in [1.82, 2.24) is 10.2 Å². The second-order valence-electron chi connectivity index (χ2n) is 10.9. The maximum atomic E-state index is 12.8. The van der Waals surface area contributed by atoms with E-state index in [9.17, 15) is 4.79 Å². The Labute approximate surface area is 198 Å². The normalized spacial score (nSPS) is 19.0. The fraction of sp³-hybridized carbons (Fsp3) is 0.583. The molecule has 1 aliphatic heterocycles. The highest BCUT2D eigenvalue weighted by Crippen LogP contribution is 2.36. The third kappa shape index (κ3) is 7.64. The molecule has 1 aliphatic rings. The second-order valence-corrected chi connectivity index (χ2v) is 16.1. The lowest BCUT2D eigenvalue weighted by molar-refractivity contribution is 0.0205. The predicted molar refractivity (Wildman–Crippen MR) is 134 cm³/mol. The zero-order valence-corrected chi connectivity index (χ0v) is 22.4. The summed E-state index contributed by atoms with van der Waals surface area (Å²) in [5.41, 5.74) is 1.24. The highest BCUT2D eigenvalue weighted by Gasteiger charge is 2.38. The molecule has 0 bridgehead atoms. The lowest BCUT2D eigenvalue weighted by atomic mass is 10.1. The molecular formula is C24H38ClN3O3Si. The molecular weight excluding hydrogens is 442 g/mol. The average Bonchev–Trinajstić information content (AvgIpc) is 2.64.